The van der Waals surface area contributed by atoms with Crippen LogP contribution in [0.3, 0.4) is 0 Å². The Morgan fingerprint density at radius 1 is 1.53 bits per heavy atom. The van der Waals surface area contributed by atoms with Crippen LogP contribution in [0.2, 0.25) is 0 Å². The van der Waals surface area contributed by atoms with Crippen LogP contribution in [0.4, 0.5) is 5.69 Å². The molecule has 0 radical (unpaired) electrons. The van der Waals surface area contributed by atoms with Crippen LogP contribution in [0.15, 0.2) is 35.4 Å². The van der Waals surface area contributed by atoms with Gasteiger partial charge in [-0.05, 0) is 31.9 Å². The second kappa shape index (κ2) is 6.31. The van der Waals surface area contributed by atoms with Crippen molar-refractivity contribution < 1.29 is 4.79 Å². The molecule has 102 valence electrons. The fourth-order valence-electron chi connectivity index (χ4n) is 2.67. The van der Waals surface area contributed by atoms with Gasteiger partial charge in [-0.15, -0.1) is 0 Å². The maximum atomic E-state index is 11.9. The highest BCUT2D eigenvalue weighted by molar-refractivity contribution is 5.79. The molecular formula is C14H20N4O. The van der Waals surface area contributed by atoms with Gasteiger partial charge in [0.15, 0.2) is 0 Å². The van der Waals surface area contributed by atoms with Gasteiger partial charge in [0.05, 0.1) is 6.04 Å². The average Bonchev–Trinajstić information content (AvgIpc) is 2.89. The minimum Gasteiger partial charge on any atom is -0.381 e. The van der Waals surface area contributed by atoms with Crippen LogP contribution >= 0.6 is 0 Å². The first-order valence-electron chi connectivity index (χ1n) is 6.66. The van der Waals surface area contributed by atoms with Crippen molar-refractivity contribution in [1.29, 1.82) is 5.53 Å². The molecule has 1 unspecified atom stereocenters. The number of nitrogens with zero attached hydrogens (tertiary/aromatic N) is 2. The quantitative estimate of drug-likeness (QED) is 0.799. The van der Waals surface area contributed by atoms with E-state index in [1.165, 1.54) is 0 Å². The van der Waals surface area contributed by atoms with Crippen molar-refractivity contribution >= 4 is 11.6 Å². The number of hydrogen-bond acceptors (Lipinski definition) is 4. The molecule has 1 fully saturated rings. The average molecular weight is 260 g/mol. The highest BCUT2D eigenvalue weighted by Gasteiger charge is 2.32. The summed E-state index contributed by atoms with van der Waals surface area (Å²) in [7, 11) is 0. The summed E-state index contributed by atoms with van der Waals surface area (Å²) in [6.07, 6.45) is 2.03. The molecule has 1 aliphatic heterocycles. The molecule has 1 aromatic carbocycles. The third kappa shape index (κ3) is 3.30. The van der Waals surface area contributed by atoms with Gasteiger partial charge in [-0.3, -0.25) is 4.79 Å². The third-order valence-corrected chi connectivity index (χ3v) is 3.58. The molecule has 5 heteroatoms. The molecular weight excluding hydrogens is 240 g/mol. The smallest absolute Gasteiger partial charge is 0.246 e. The number of carbonyl (C=O) groups is 1. The summed E-state index contributed by atoms with van der Waals surface area (Å²) >= 11 is 0. The molecule has 1 amide bonds. The van der Waals surface area contributed by atoms with Gasteiger partial charge in [-0.25, -0.2) is 5.53 Å². The lowest BCUT2D eigenvalue weighted by Gasteiger charge is -2.30. The Kier molecular flexibility index (Phi) is 4.49. The lowest BCUT2D eigenvalue weighted by atomic mass is 10.1. The number of anilines is 1. The highest BCUT2D eigenvalue weighted by Crippen LogP contribution is 2.22. The molecule has 0 spiro atoms. The minimum atomic E-state index is -0.0424. The Hall–Kier alpha value is -1.91. The first-order chi connectivity index (χ1) is 9.22. The van der Waals surface area contributed by atoms with Crippen molar-refractivity contribution in [2.45, 2.75) is 31.8 Å². The molecule has 2 rings (SSSR count). The summed E-state index contributed by atoms with van der Waals surface area (Å²) in [5, 5.41) is 6.64. The largest absolute Gasteiger partial charge is 0.381 e. The summed E-state index contributed by atoms with van der Waals surface area (Å²) in [5.74, 6) is -0.0424. The van der Waals surface area contributed by atoms with Gasteiger partial charge in [0.25, 0.3) is 0 Å². The molecule has 1 aromatic rings. The fraction of sp³-hybridized carbons (Fsp3) is 0.500. The molecule has 0 bridgehead atoms. The summed E-state index contributed by atoms with van der Waals surface area (Å²) in [6.45, 7) is 2.84. The van der Waals surface area contributed by atoms with Crippen molar-refractivity contribution in [2.75, 3.05) is 18.4 Å². The maximum Gasteiger partial charge on any atom is 0.246 e. The lowest BCUT2D eigenvalue weighted by Crippen LogP contribution is -2.45. The fourth-order valence-corrected chi connectivity index (χ4v) is 2.67. The number of hydrogen-bond donors (Lipinski definition) is 2. The molecule has 2 atom stereocenters. The summed E-state index contributed by atoms with van der Waals surface area (Å²) < 4.78 is 0. The van der Waals surface area contributed by atoms with Crippen molar-refractivity contribution in [3.8, 4) is 0 Å². The van der Waals surface area contributed by atoms with E-state index in [9.17, 15) is 4.79 Å². The molecule has 5 nitrogen and oxygen atoms in total. The monoisotopic (exact) mass is 260 g/mol. The molecule has 2 N–H and O–H groups in total. The van der Waals surface area contributed by atoms with Crippen LogP contribution in [0.1, 0.15) is 19.8 Å². The van der Waals surface area contributed by atoms with Crippen LogP contribution in [0, 0.1) is 5.53 Å². The van der Waals surface area contributed by atoms with E-state index in [0.29, 0.717) is 0 Å². The van der Waals surface area contributed by atoms with E-state index < -0.39 is 0 Å². The minimum absolute atomic E-state index is 0.0332. The second-order valence-electron chi connectivity index (χ2n) is 4.91. The maximum absolute atomic E-state index is 11.9. The molecule has 1 heterocycles. The van der Waals surface area contributed by atoms with Crippen molar-refractivity contribution in [2.24, 2.45) is 5.11 Å². The van der Waals surface area contributed by atoms with Gasteiger partial charge in [0.2, 0.25) is 5.91 Å². The van der Waals surface area contributed by atoms with E-state index in [0.717, 1.165) is 25.1 Å². The SMILES string of the molecule is CC(Nc1ccccc1)[C@@H]1CCCN1C(=O)CN=N. The van der Waals surface area contributed by atoms with Crippen LogP contribution in [-0.4, -0.2) is 36.0 Å². The Balaban J connectivity index is 1.99. The highest BCUT2D eigenvalue weighted by atomic mass is 16.2. The van der Waals surface area contributed by atoms with Crippen molar-refractivity contribution in [3.05, 3.63) is 30.3 Å². The van der Waals surface area contributed by atoms with Crippen molar-refractivity contribution in [1.82, 2.24) is 4.90 Å². The Labute approximate surface area is 113 Å². The standard InChI is InChI=1S/C14H20N4O/c1-11(17-12-6-3-2-4-7-12)13-8-5-9-18(13)14(19)10-16-15/h2-4,6-7,11,13,15,17H,5,8-10H2,1H3/t11?,13-/m0/s1. The molecule has 0 aliphatic carbocycles. The third-order valence-electron chi connectivity index (χ3n) is 3.58. The Morgan fingerprint density at radius 2 is 2.26 bits per heavy atom. The summed E-state index contributed by atoms with van der Waals surface area (Å²) in [5.41, 5.74) is 7.88. The molecule has 1 aliphatic rings. The number of benzene rings is 1. The van der Waals surface area contributed by atoms with Gasteiger partial charge in [-0.1, -0.05) is 18.2 Å². The molecule has 0 aromatic heterocycles. The van der Waals surface area contributed by atoms with E-state index in [1.807, 2.05) is 35.2 Å². The molecule has 0 saturated carbocycles. The van der Waals surface area contributed by atoms with Gasteiger partial charge >= 0.3 is 0 Å². The number of amides is 1. The number of carbonyl (C=O) groups excluding carboxylic acids is 1. The summed E-state index contributed by atoms with van der Waals surface area (Å²) in [4.78, 5) is 13.8. The number of likely N-dealkylation sites (tertiary alicyclic amines) is 1. The normalized spacial score (nSPS) is 20.1. The van der Waals surface area contributed by atoms with Crippen LogP contribution in [0.5, 0.6) is 0 Å². The van der Waals surface area contributed by atoms with E-state index in [1.54, 1.807) is 0 Å². The first kappa shape index (κ1) is 13.5. The van der Waals surface area contributed by atoms with E-state index in [4.69, 9.17) is 5.53 Å². The number of para-hydroxylation sites is 1. The van der Waals surface area contributed by atoms with Crippen LogP contribution in [-0.2, 0) is 4.79 Å². The van der Waals surface area contributed by atoms with Gasteiger partial charge in [-0.2, -0.15) is 5.11 Å². The van der Waals surface area contributed by atoms with Crippen LogP contribution in [0.25, 0.3) is 0 Å². The van der Waals surface area contributed by atoms with E-state index in [-0.39, 0.29) is 24.5 Å². The first-order valence-corrected chi connectivity index (χ1v) is 6.66. The van der Waals surface area contributed by atoms with Gasteiger partial charge in [0, 0.05) is 18.3 Å². The van der Waals surface area contributed by atoms with Gasteiger partial charge < -0.3 is 10.2 Å². The topological polar surface area (TPSA) is 68.6 Å². The zero-order valence-corrected chi connectivity index (χ0v) is 11.2. The Bertz CT molecular complexity index is 434. The predicted molar refractivity (Wildman–Crippen MR) is 74.3 cm³/mol. The zero-order chi connectivity index (χ0) is 13.7. The van der Waals surface area contributed by atoms with E-state index in [2.05, 4.69) is 17.4 Å². The molecule has 19 heavy (non-hydrogen) atoms. The number of rotatable bonds is 5. The van der Waals surface area contributed by atoms with Gasteiger partial charge in [0.1, 0.15) is 6.54 Å². The van der Waals surface area contributed by atoms with Crippen molar-refractivity contribution in [3.63, 3.8) is 0 Å². The Morgan fingerprint density at radius 3 is 2.95 bits per heavy atom. The van der Waals surface area contributed by atoms with Crippen LogP contribution < -0.4 is 5.32 Å². The zero-order valence-electron chi connectivity index (χ0n) is 11.2. The molecule has 1 saturated heterocycles. The second-order valence-corrected chi connectivity index (χ2v) is 4.91. The lowest BCUT2D eigenvalue weighted by molar-refractivity contribution is -0.130. The number of nitrogens with one attached hydrogen (secondary N) is 2. The van der Waals surface area contributed by atoms with E-state index >= 15 is 0 Å². The summed E-state index contributed by atoms with van der Waals surface area (Å²) in [6, 6.07) is 10.4. The predicted octanol–water partition coefficient (Wildman–Crippen LogP) is 2.51.